The van der Waals surface area contributed by atoms with E-state index in [2.05, 4.69) is 46.9 Å². The largest absolute Gasteiger partial charge is 0.367 e. The second kappa shape index (κ2) is 10.4. The van der Waals surface area contributed by atoms with E-state index < -0.39 is 5.91 Å². The van der Waals surface area contributed by atoms with Gasteiger partial charge in [0.25, 0.3) is 5.91 Å². The summed E-state index contributed by atoms with van der Waals surface area (Å²) >= 11 is 9.86. The Morgan fingerprint density at radius 3 is 2.62 bits per heavy atom. The zero-order valence-electron chi connectivity index (χ0n) is 16.7. The van der Waals surface area contributed by atoms with E-state index in [-0.39, 0.29) is 22.8 Å². The Hall–Kier alpha value is -3.14. The van der Waals surface area contributed by atoms with Crippen LogP contribution in [0.5, 0.6) is 0 Å². The predicted molar refractivity (Wildman–Crippen MR) is 123 cm³/mol. The van der Waals surface area contributed by atoms with Crippen LogP contribution in [0.4, 0.5) is 5.95 Å². The lowest BCUT2D eigenvalue weighted by Gasteiger charge is -2.19. The number of carbonyl (C=O) groups excluding carboxylic acids is 1. The number of benzene rings is 2. The Bertz CT molecular complexity index is 1190. The molecule has 0 spiro atoms. The fourth-order valence-electron chi connectivity index (χ4n) is 3.08. The van der Waals surface area contributed by atoms with Crippen LogP contribution < -0.4 is 5.32 Å². The number of aromatic nitrogens is 5. The van der Waals surface area contributed by atoms with Gasteiger partial charge in [0.1, 0.15) is 11.3 Å². The lowest BCUT2D eigenvalue weighted by Crippen LogP contribution is -2.16. The second-order valence-electron chi connectivity index (χ2n) is 6.90. The first-order chi connectivity index (χ1) is 15.6. The highest BCUT2D eigenvalue weighted by molar-refractivity contribution is 9.10. The van der Waals surface area contributed by atoms with Crippen molar-refractivity contribution in [3.05, 3.63) is 98.7 Å². The van der Waals surface area contributed by atoms with Crippen molar-refractivity contribution in [2.24, 2.45) is 0 Å². The first kappa shape index (κ1) is 22.1. The number of pyridine rings is 1. The number of hydrogen-bond donors (Lipinski definition) is 2. The van der Waals surface area contributed by atoms with Crippen LogP contribution in [0.2, 0.25) is 5.15 Å². The molecular formula is C22H18BrClN6O2. The molecule has 1 amide bonds. The van der Waals surface area contributed by atoms with Gasteiger partial charge in [-0.05, 0) is 45.8 Å². The van der Waals surface area contributed by atoms with Crippen molar-refractivity contribution in [1.82, 2.24) is 25.6 Å². The number of aromatic amines is 1. The molecule has 2 heterocycles. The van der Waals surface area contributed by atoms with Gasteiger partial charge in [-0.25, -0.2) is 10.1 Å². The number of carbonyl (C=O) groups is 1. The fraction of sp³-hybridized carbons (Fsp3) is 0.136. The van der Waals surface area contributed by atoms with E-state index in [9.17, 15) is 4.79 Å². The number of rotatable bonds is 8. The maximum atomic E-state index is 12.5. The molecule has 10 heteroatoms. The summed E-state index contributed by atoms with van der Waals surface area (Å²) < 4.78 is 7.21. The average Bonchev–Trinajstić information content (AvgIpc) is 3.30. The molecule has 2 N–H and O–H groups in total. The van der Waals surface area contributed by atoms with Gasteiger partial charge in [-0.2, -0.15) is 0 Å². The number of nitrogens with one attached hydrogen (secondary N) is 2. The minimum Gasteiger partial charge on any atom is -0.367 e. The maximum Gasteiger partial charge on any atom is 0.261 e. The van der Waals surface area contributed by atoms with E-state index in [1.807, 2.05) is 54.6 Å². The smallest absolute Gasteiger partial charge is 0.261 e. The molecule has 0 radical (unpaired) electrons. The molecule has 4 aromatic rings. The van der Waals surface area contributed by atoms with E-state index in [0.29, 0.717) is 18.7 Å². The van der Waals surface area contributed by atoms with Gasteiger partial charge < -0.3 is 4.74 Å². The first-order valence-corrected chi connectivity index (χ1v) is 10.9. The average molecular weight is 514 g/mol. The minimum absolute atomic E-state index is 0.0648. The van der Waals surface area contributed by atoms with Gasteiger partial charge in [0.15, 0.2) is 0 Å². The molecule has 4 rings (SSSR count). The van der Waals surface area contributed by atoms with E-state index in [4.69, 9.17) is 16.3 Å². The number of hydrogen-bond acceptors (Lipinski definition) is 6. The number of tetrazole rings is 1. The van der Waals surface area contributed by atoms with Gasteiger partial charge in [-0.3, -0.25) is 10.1 Å². The van der Waals surface area contributed by atoms with Crippen LogP contribution >= 0.6 is 27.5 Å². The van der Waals surface area contributed by atoms with Crippen molar-refractivity contribution in [1.29, 1.82) is 0 Å². The molecule has 0 fully saturated rings. The van der Waals surface area contributed by atoms with Gasteiger partial charge in [0.05, 0.1) is 17.9 Å². The molecule has 8 nitrogen and oxygen atoms in total. The molecule has 162 valence electrons. The summed E-state index contributed by atoms with van der Waals surface area (Å²) in [4.78, 5) is 16.9. The lowest BCUT2D eigenvalue weighted by molar-refractivity contribution is 0.0371. The molecule has 2 aromatic carbocycles. The highest BCUT2D eigenvalue weighted by Crippen LogP contribution is 2.26. The highest BCUT2D eigenvalue weighted by Gasteiger charge is 2.20. The molecule has 0 saturated carbocycles. The maximum absolute atomic E-state index is 12.5. The lowest BCUT2D eigenvalue weighted by atomic mass is 10.0. The van der Waals surface area contributed by atoms with Crippen molar-refractivity contribution < 1.29 is 9.53 Å². The number of halogens is 2. The number of nitrogens with zero attached hydrogens (tertiary/aromatic N) is 4. The third-order valence-electron chi connectivity index (χ3n) is 4.63. The highest BCUT2D eigenvalue weighted by atomic mass is 79.9. The van der Waals surface area contributed by atoms with Crippen molar-refractivity contribution in [2.75, 3.05) is 5.32 Å². The first-order valence-electron chi connectivity index (χ1n) is 9.70. The minimum atomic E-state index is -0.471. The van der Waals surface area contributed by atoms with Crippen LogP contribution in [-0.2, 0) is 17.8 Å². The van der Waals surface area contributed by atoms with Crippen LogP contribution in [0.3, 0.4) is 0 Å². The van der Waals surface area contributed by atoms with Crippen LogP contribution in [0.15, 0.2) is 71.2 Å². The molecule has 32 heavy (non-hydrogen) atoms. The topological polar surface area (TPSA) is 106 Å². The standard InChI is InChI=1S/C22H18BrClN6O2/c23-16-8-4-7-15(11-16)12-19(32-13-14-5-2-1-3-6-14)18-10-9-17(20(24)25-18)21(31)26-22-27-29-30-28-22/h1-11,19H,12-13H2,(H2,26,27,28,29,30,31). The Kier molecular flexibility index (Phi) is 7.21. The summed E-state index contributed by atoms with van der Waals surface area (Å²) in [6.45, 7) is 0.416. The van der Waals surface area contributed by atoms with Crippen molar-refractivity contribution in [3.63, 3.8) is 0 Å². The summed E-state index contributed by atoms with van der Waals surface area (Å²) in [5.74, 6) is -0.352. The van der Waals surface area contributed by atoms with E-state index in [1.165, 1.54) is 0 Å². The van der Waals surface area contributed by atoms with Gasteiger partial charge in [0, 0.05) is 10.9 Å². The number of H-pyrrole nitrogens is 1. The van der Waals surface area contributed by atoms with Crippen LogP contribution in [0.25, 0.3) is 0 Å². The molecule has 0 aliphatic rings. The monoisotopic (exact) mass is 512 g/mol. The van der Waals surface area contributed by atoms with Crippen molar-refractivity contribution in [3.8, 4) is 0 Å². The summed E-state index contributed by atoms with van der Waals surface area (Å²) in [7, 11) is 0. The Labute approximate surface area is 197 Å². The van der Waals surface area contributed by atoms with Crippen molar-refractivity contribution >= 4 is 39.4 Å². The molecule has 0 aliphatic heterocycles. The third kappa shape index (κ3) is 5.76. The van der Waals surface area contributed by atoms with Gasteiger partial charge >= 0.3 is 0 Å². The second-order valence-corrected chi connectivity index (χ2v) is 8.17. The van der Waals surface area contributed by atoms with E-state index >= 15 is 0 Å². The predicted octanol–water partition coefficient (Wildman–Crippen LogP) is 4.76. The molecule has 1 unspecified atom stereocenters. The Morgan fingerprint density at radius 1 is 1.09 bits per heavy atom. The number of amides is 1. The summed E-state index contributed by atoms with van der Waals surface area (Å²) in [5.41, 5.74) is 2.96. The normalized spacial score (nSPS) is 11.8. The summed E-state index contributed by atoms with van der Waals surface area (Å²) in [5, 5.41) is 15.5. The SMILES string of the molecule is O=C(Nc1nnn[nH]1)c1ccc(C(Cc2cccc(Br)c2)OCc2ccccc2)nc1Cl. The van der Waals surface area contributed by atoms with Crippen molar-refractivity contribution in [2.45, 2.75) is 19.1 Å². The Balaban J connectivity index is 1.56. The van der Waals surface area contributed by atoms with Gasteiger partial charge in [-0.1, -0.05) is 75.1 Å². The van der Waals surface area contributed by atoms with E-state index in [0.717, 1.165) is 15.6 Å². The molecule has 2 aromatic heterocycles. The molecule has 0 saturated heterocycles. The number of ether oxygens (including phenoxy) is 1. The molecule has 0 aliphatic carbocycles. The van der Waals surface area contributed by atoms with Crippen LogP contribution in [0, 0.1) is 0 Å². The molecule has 0 bridgehead atoms. The fourth-order valence-corrected chi connectivity index (χ4v) is 3.77. The van der Waals surface area contributed by atoms with E-state index in [1.54, 1.807) is 12.1 Å². The van der Waals surface area contributed by atoms with Crippen LogP contribution in [-0.4, -0.2) is 31.5 Å². The molecule has 1 atom stereocenters. The quantitative estimate of drug-likeness (QED) is 0.329. The summed E-state index contributed by atoms with van der Waals surface area (Å²) in [6, 6.07) is 21.3. The number of anilines is 1. The molecular weight excluding hydrogens is 496 g/mol. The van der Waals surface area contributed by atoms with Crippen LogP contribution in [0.1, 0.15) is 33.3 Å². The Morgan fingerprint density at radius 2 is 1.91 bits per heavy atom. The van der Waals surface area contributed by atoms with Gasteiger partial charge in [-0.15, -0.1) is 0 Å². The van der Waals surface area contributed by atoms with Gasteiger partial charge in [0.2, 0.25) is 5.95 Å². The zero-order chi connectivity index (χ0) is 22.3. The zero-order valence-corrected chi connectivity index (χ0v) is 19.0. The third-order valence-corrected chi connectivity index (χ3v) is 5.41. The summed E-state index contributed by atoms with van der Waals surface area (Å²) in [6.07, 6.45) is 0.225.